The molecule has 0 atom stereocenters. The van der Waals surface area contributed by atoms with E-state index in [9.17, 15) is 13.2 Å². The Bertz CT molecular complexity index is 1090. The highest BCUT2D eigenvalue weighted by atomic mass is 32.2. The van der Waals surface area contributed by atoms with Crippen LogP contribution in [-0.2, 0) is 25.8 Å². The van der Waals surface area contributed by atoms with Gasteiger partial charge in [0, 0.05) is 18.9 Å². The van der Waals surface area contributed by atoms with Crippen molar-refractivity contribution in [1.29, 1.82) is 0 Å². The molecule has 0 bridgehead atoms. The minimum Gasteiger partial charge on any atom is -0.491 e. The Morgan fingerprint density at radius 3 is 2.62 bits per heavy atom. The van der Waals surface area contributed by atoms with Crippen LogP contribution in [0, 0.1) is 0 Å². The van der Waals surface area contributed by atoms with Gasteiger partial charge in [-0.1, -0.05) is 12.1 Å². The van der Waals surface area contributed by atoms with E-state index in [1.54, 1.807) is 30.6 Å². The van der Waals surface area contributed by atoms with Gasteiger partial charge in [-0.3, -0.25) is 9.89 Å². The summed E-state index contributed by atoms with van der Waals surface area (Å²) in [5.74, 6) is -0.797. The van der Waals surface area contributed by atoms with Gasteiger partial charge in [0.25, 0.3) is 0 Å². The van der Waals surface area contributed by atoms with E-state index in [0.29, 0.717) is 17.7 Å². The quantitative estimate of drug-likeness (QED) is 0.515. The van der Waals surface area contributed by atoms with Crippen LogP contribution >= 0.6 is 0 Å². The van der Waals surface area contributed by atoms with Crippen molar-refractivity contribution in [2.24, 2.45) is 0 Å². The Hall–Kier alpha value is -3.17. The van der Waals surface area contributed by atoms with Crippen molar-refractivity contribution >= 4 is 15.8 Å². The van der Waals surface area contributed by atoms with Gasteiger partial charge in [0.05, 0.1) is 29.0 Å². The number of aromatic nitrogens is 2. The summed E-state index contributed by atoms with van der Waals surface area (Å²) >= 11 is 0. The number of hydrogen-bond acceptors (Lipinski definition) is 6. The molecule has 0 fully saturated rings. The molecule has 0 saturated carbocycles. The Morgan fingerprint density at radius 2 is 1.93 bits per heavy atom. The first-order valence-electron chi connectivity index (χ1n) is 8.72. The maximum Gasteiger partial charge on any atom is 0.307 e. The average molecular weight is 416 g/mol. The highest BCUT2D eigenvalue weighted by molar-refractivity contribution is 7.91. The molecule has 152 valence electrons. The van der Waals surface area contributed by atoms with Gasteiger partial charge in [-0.15, -0.1) is 0 Å². The van der Waals surface area contributed by atoms with E-state index in [0.717, 1.165) is 5.56 Å². The highest BCUT2D eigenvalue weighted by Crippen LogP contribution is 2.29. The number of carboxylic acids is 1. The van der Waals surface area contributed by atoms with Crippen molar-refractivity contribution in [3.05, 3.63) is 60.4 Å². The topological polar surface area (TPSA) is 119 Å². The average Bonchev–Trinajstić information content (AvgIpc) is 3.22. The van der Waals surface area contributed by atoms with E-state index in [2.05, 4.69) is 10.2 Å². The Balaban J connectivity index is 2.01. The summed E-state index contributed by atoms with van der Waals surface area (Å²) in [5.41, 5.74) is 1.78. The molecule has 29 heavy (non-hydrogen) atoms. The summed E-state index contributed by atoms with van der Waals surface area (Å²) in [6.45, 7) is 0.528. The lowest BCUT2D eigenvalue weighted by molar-refractivity contribution is -0.136. The first kappa shape index (κ1) is 20.6. The number of aliphatic carboxylic acids is 1. The molecule has 0 amide bonds. The van der Waals surface area contributed by atoms with Crippen molar-refractivity contribution in [1.82, 2.24) is 10.2 Å². The molecule has 0 aliphatic heterocycles. The fraction of sp³-hybridized carbons (Fsp3) is 0.200. The third kappa shape index (κ3) is 5.01. The van der Waals surface area contributed by atoms with Gasteiger partial charge in [-0.25, -0.2) is 8.42 Å². The van der Waals surface area contributed by atoms with Crippen LogP contribution in [-0.4, -0.2) is 50.0 Å². The largest absolute Gasteiger partial charge is 0.491 e. The predicted octanol–water partition coefficient (Wildman–Crippen LogP) is 2.56. The summed E-state index contributed by atoms with van der Waals surface area (Å²) in [6, 6.07) is 10.7. The summed E-state index contributed by atoms with van der Waals surface area (Å²) in [4.78, 5) is 11.2. The van der Waals surface area contributed by atoms with Crippen LogP contribution < -0.4 is 4.74 Å². The lowest BCUT2D eigenvalue weighted by atomic mass is 10.1. The molecule has 0 saturated heterocycles. The number of sulfone groups is 1. The number of ether oxygens (including phenoxy) is 2. The lowest BCUT2D eigenvalue weighted by Gasteiger charge is -2.12. The lowest BCUT2D eigenvalue weighted by Crippen LogP contribution is -2.08. The van der Waals surface area contributed by atoms with Gasteiger partial charge in [-0.2, -0.15) is 5.10 Å². The van der Waals surface area contributed by atoms with Gasteiger partial charge in [0.1, 0.15) is 12.4 Å². The minimum atomic E-state index is -3.90. The van der Waals surface area contributed by atoms with E-state index >= 15 is 0 Å². The summed E-state index contributed by atoms with van der Waals surface area (Å²) in [7, 11) is -2.38. The molecule has 3 rings (SSSR count). The van der Waals surface area contributed by atoms with E-state index in [1.165, 1.54) is 31.4 Å². The zero-order valence-electron chi connectivity index (χ0n) is 15.7. The Labute approximate surface area is 168 Å². The van der Waals surface area contributed by atoms with E-state index in [1.807, 2.05) is 0 Å². The first-order valence-corrected chi connectivity index (χ1v) is 10.2. The normalized spacial score (nSPS) is 11.3. The van der Waals surface area contributed by atoms with E-state index < -0.39 is 15.8 Å². The van der Waals surface area contributed by atoms with Crippen molar-refractivity contribution in [3.63, 3.8) is 0 Å². The summed E-state index contributed by atoms with van der Waals surface area (Å²) in [5, 5.41) is 15.7. The molecular formula is C20H20N2O6S. The fourth-order valence-corrected chi connectivity index (χ4v) is 4.17. The number of nitrogens with zero attached hydrogens (tertiary/aromatic N) is 1. The molecule has 1 heterocycles. The predicted molar refractivity (Wildman–Crippen MR) is 105 cm³/mol. The van der Waals surface area contributed by atoms with Crippen LogP contribution in [0.3, 0.4) is 0 Å². The van der Waals surface area contributed by atoms with Crippen LogP contribution in [0.4, 0.5) is 0 Å². The number of rotatable bonds is 9. The molecule has 1 aromatic heterocycles. The van der Waals surface area contributed by atoms with Crippen molar-refractivity contribution in [2.45, 2.75) is 16.2 Å². The van der Waals surface area contributed by atoms with Gasteiger partial charge < -0.3 is 14.6 Å². The summed E-state index contributed by atoms with van der Waals surface area (Å²) < 4.78 is 36.9. The van der Waals surface area contributed by atoms with Gasteiger partial charge in [0.2, 0.25) is 9.84 Å². The minimum absolute atomic E-state index is 0.0342. The number of carboxylic acid groups (broad SMARTS) is 1. The fourth-order valence-electron chi connectivity index (χ4n) is 2.78. The molecular weight excluding hydrogens is 396 g/mol. The smallest absolute Gasteiger partial charge is 0.307 e. The van der Waals surface area contributed by atoms with Gasteiger partial charge in [-0.05, 0) is 41.5 Å². The number of methoxy groups -OCH3 is 1. The molecule has 0 radical (unpaired) electrons. The first-order chi connectivity index (χ1) is 13.9. The molecule has 0 aliphatic carbocycles. The number of aromatic amines is 1. The second kappa shape index (κ2) is 8.89. The second-order valence-corrected chi connectivity index (χ2v) is 8.19. The van der Waals surface area contributed by atoms with E-state index in [-0.39, 0.29) is 28.6 Å². The van der Waals surface area contributed by atoms with Gasteiger partial charge >= 0.3 is 5.97 Å². The maximum absolute atomic E-state index is 13.2. The molecule has 2 aromatic carbocycles. The zero-order chi connectivity index (χ0) is 20.9. The number of nitrogens with one attached hydrogen (secondary N) is 1. The molecule has 0 spiro atoms. The summed E-state index contributed by atoms with van der Waals surface area (Å²) in [6.07, 6.45) is 2.95. The number of carbonyl (C=O) groups is 1. The number of benzene rings is 2. The monoisotopic (exact) mass is 416 g/mol. The van der Waals surface area contributed by atoms with Crippen LogP contribution in [0.25, 0.3) is 11.1 Å². The van der Waals surface area contributed by atoms with Crippen LogP contribution in [0.1, 0.15) is 5.56 Å². The third-order valence-corrected chi connectivity index (χ3v) is 5.87. The SMILES string of the molecule is COCCOc1cc(CC(=O)O)cc(S(=O)(=O)c2cccc(-c3cn[nH]c3)c2)c1. The second-order valence-electron chi connectivity index (χ2n) is 6.24. The van der Waals surface area contributed by atoms with Crippen molar-refractivity contribution < 1.29 is 27.8 Å². The van der Waals surface area contributed by atoms with Crippen LogP contribution in [0.15, 0.2) is 64.6 Å². The molecule has 0 unspecified atom stereocenters. The zero-order valence-corrected chi connectivity index (χ0v) is 16.5. The van der Waals surface area contributed by atoms with Crippen molar-refractivity contribution in [3.8, 4) is 16.9 Å². The van der Waals surface area contributed by atoms with Gasteiger partial charge in [0.15, 0.2) is 0 Å². The highest BCUT2D eigenvalue weighted by Gasteiger charge is 2.21. The molecule has 3 aromatic rings. The van der Waals surface area contributed by atoms with Crippen LogP contribution in [0.2, 0.25) is 0 Å². The standard InChI is InChI=1S/C20H20N2O6S/c1-27-5-6-28-17-7-14(9-20(23)24)8-19(11-17)29(25,26)18-4-2-3-15(10-18)16-12-21-22-13-16/h2-4,7-8,10-13H,5-6,9H2,1H3,(H,21,22)(H,23,24). The third-order valence-electron chi connectivity index (χ3n) is 4.14. The molecule has 2 N–H and O–H groups in total. The Morgan fingerprint density at radius 1 is 1.10 bits per heavy atom. The van der Waals surface area contributed by atoms with Crippen LogP contribution in [0.5, 0.6) is 5.75 Å². The van der Waals surface area contributed by atoms with Crippen molar-refractivity contribution in [2.75, 3.05) is 20.3 Å². The molecule has 0 aliphatic rings. The molecule has 9 heteroatoms. The molecule has 8 nitrogen and oxygen atoms in total. The number of hydrogen-bond donors (Lipinski definition) is 2. The van der Waals surface area contributed by atoms with E-state index in [4.69, 9.17) is 14.6 Å². The number of H-pyrrole nitrogens is 1. The Kier molecular flexibility index (Phi) is 6.30. The maximum atomic E-state index is 13.2.